The van der Waals surface area contributed by atoms with Gasteiger partial charge in [0.25, 0.3) is 0 Å². The van der Waals surface area contributed by atoms with Crippen LogP contribution in [0.3, 0.4) is 0 Å². The minimum atomic E-state index is 0.693. The Bertz CT molecular complexity index is 319. The summed E-state index contributed by atoms with van der Waals surface area (Å²) in [4.78, 5) is 2.73. The van der Waals surface area contributed by atoms with Gasteiger partial charge < -0.3 is 5.32 Å². The molecule has 0 amide bonds. The van der Waals surface area contributed by atoms with Crippen LogP contribution in [-0.4, -0.2) is 31.1 Å². The summed E-state index contributed by atoms with van der Waals surface area (Å²) in [7, 11) is 0. The highest BCUT2D eigenvalue weighted by molar-refractivity contribution is 7.07. The lowest BCUT2D eigenvalue weighted by molar-refractivity contribution is 0.104. The molecular weight excluding hydrogens is 240 g/mol. The molecule has 1 aromatic rings. The molecule has 1 atom stereocenters. The van der Waals surface area contributed by atoms with Crippen LogP contribution in [0.25, 0.3) is 0 Å². The summed E-state index contributed by atoms with van der Waals surface area (Å²) in [6.07, 6.45) is 7.21. The van der Waals surface area contributed by atoms with Crippen LogP contribution in [0, 0.1) is 5.92 Å². The lowest BCUT2D eigenvalue weighted by atomic mass is 9.81. The van der Waals surface area contributed by atoms with Gasteiger partial charge in [0.05, 0.1) is 0 Å². The number of rotatable bonds is 3. The third-order valence-electron chi connectivity index (χ3n) is 4.53. The second-order valence-corrected chi connectivity index (χ2v) is 6.47. The van der Waals surface area contributed by atoms with Crippen molar-refractivity contribution in [1.29, 1.82) is 0 Å². The van der Waals surface area contributed by atoms with Gasteiger partial charge in [-0.1, -0.05) is 19.3 Å². The Morgan fingerprint density at radius 2 is 1.94 bits per heavy atom. The molecule has 2 fully saturated rings. The zero-order valence-electron chi connectivity index (χ0n) is 11.1. The summed E-state index contributed by atoms with van der Waals surface area (Å²) >= 11 is 1.85. The van der Waals surface area contributed by atoms with Crippen molar-refractivity contribution in [2.75, 3.05) is 26.2 Å². The van der Waals surface area contributed by atoms with E-state index >= 15 is 0 Å². The lowest BCUT2D eigenvalue weighted by Crippen LogP contribution is -2.47. The number of nitrogens with one attached hydrogen (secondary N) is 1. The molecule has 0 unspecified atom stereocenters. The molecule has 3 heteroatoms. The summed E-state index contributed by atoms with van der Waals surface area (Å²) in [6.45, 7) is 4.76. The summed E-state index contributed by atoms with van der Waals surface area (Å²) in [5, 5.41) is 8.10. The highest BCUT2D eigenvalue weighted by Gasteiger charge is 2.30. The van der Waals surface area contributed by atoms with E-state index < -0.39 is 0 Å². The average molecular weight is 264 g/mol. The quantitative estimate of drug-likeness (QED) is 0.901. The van der Waals surface area contributed by atoms with Gasteiger partial charge in [0.2, 0.25) is 0 Å². The maximum Gasteiger partial charge on any atom is 0.0385 e. The van der Waals surface area contributed by atoms with E-state index in [1.807, 2.05) is 11.3 Å². The summed E-state index contributed by atoms with van der Waals surface area (Å²) < 4.78 is 0. The highest BCUT2D eigenvalue weighted by atomic mass is 32.1. The Morgan fingerprint density at radius 3 is 2.61 bits per heavy atom. The molecule has 0 aromatic carbocycles. The van der Waals surface area contributed by atoms with Gasteiger partial charge in [-0.25, -0.2) is 0 Å². The molecule has 18 heavy (non-hydrogen) atoms. The van der Waals surface area contributed by atoms with Crippen LogP contribution in [0.2, 0.25) is 0 Å². The molecule has 2 heterocycles. The Morgan fingerprint density at radius 1 is 1.17 bits per heavy atom. The molecule has 0 bridgehead atoms. The minimum Gasteiger partial charge on any atom is -0.314 e. The SMILES string of the molecule is c1cc([C@H](C2CCCCC2)N2CCNCC2)cs1. The minimum absolute atomic E-state index is 0.693. The van der Waals surface area contributed by atoms with Crippen molar-refractivity contribution < 1.29 is 0 Å². The lowest BCUT2D eigenvalue weighted by Gasteiger charge is -2.40. The zero-order valence-corrected chi connectivity index (χ0v) is 11.9. The van der Waals surface area contributed by atoms with Crippen LogP contribution in [-0.2, 0) is 0 Å². The van der Waals surface area contributed by atoms with E-state index in [4.69, 9.17) is 0 Å². The van der Waals surface area contributed by atoms with Crippen molar-refractivity contribution in [3.63, 3.8) is 0 Å². The van der Waals surface area contributed by atoms with Gasteiger partial charge in [-0.05, 0) is 41.1 Å². The van der Waals surface area contributed by atoms with Gasteiger partial charge in [0.1, 0.15) is 0 Å². The van der Waals surface area contributed by atoms with E-state index in [0.29, 0.717) is 6.04 Å². The van der Waals surface area contributed by atoms with Crippen LogP contribution in [0.4, 0.5) is 0 Å². The standard InChI is InChI=1S/C15H24N2S/c1-2-4-13(5-3-1)15(14-6-11-18-12-14)17-9-7-16-8-10-17/h6,11-13,15-16H,1-5,7-10H2/t15-/m0/s1. The van der Waals surface area contributed by atoms with E-state index in [1.54, 1.807) is 5.56 Å². The Hall–Kier alpha value is -0.380. The Labute approximate surface area is 114 Å². The van der Waals surface area contributed by atoms with Crippen molar-refractivity contribution in [2.45, 2.75) is 38.1 Å². The number of thiophene rings is 1. The third kappa shape index (κ3) is 2.79. The predicted molar refractivity (Wildman–Crippen MR) is 78.1 cm³/mol. The molecule has 1 N–H and O–H groups in total. The van der Waals surface area contributed by atoms with Gasteiger partial charge in [-0.3, -0.25) is 4.90 Å². The van der Waals surface area contributed by atoms with Crippen LogP contribution < -0.4 is 5.32 Å². The molecule has 1 aliphatic carbocycles. The molecule has 1 aromatic heterocycles. The number of hydrogen-bond acceptors (Lipinski definition) is 3. The van der Waals surface area contributed by atoms with Crippen molar-refractivity contribution in [2.24, 2.45) is 5.92 Å². The fraction of sp³-hybridized carbons (Fsp3) is 0.733. The predicted octanol–water partition coefficient (Wildman–Crippen LogP) is 3.27. The first-order chi connectivity index (χ1) is 8.95. The summed E-state index contributed by atoms with van der Waals surface area (Å²) in [5.41, 5.74) is 1.58. The third-order valence-corrected chi connectivity index (χ3v) is 5.23. The largest absolute Gasteiger partial charge is 0.314 e. The van der Waals surface area contributed by atoms with Gasteiger partial charge in [0.15, 0.2) is 0 Å². The number of hydrogen-bond donors (Lipinski definition) is 1. The topological polar surface area (TPSA) is 15.3 Å². The first-order valence-electron chi connectivity index (χ1n) is 7.42. The van der Waals surface area contributed by atoms with E-state index in [2.05, 4.69) is 27.0 Å². The average Bonchev–Trinajstić information content (AvgIpc) is 2.95. The van der Waals surface area contributed by atoms with Crippen LogP contribution in [0.1, 0.15) is 43.7 Å². The molecule has 1 saturated heterocycles. The van der Waals surface area contributed by atoms with Crippen molar-refractivity contribution in [3.05, 3.63) is 22.4 Å². The first-order valence-corrected chi connectivity index (χ1v) is 8.36. The molecule has 0 spiro atoms. The molecule has 1 aliphatic heterocycles. The second-order valence-electron chi connectivity index (χ2n) is 5.69. The molecule has 2 nitrogen and oxygen atoms in total. The van der Waals surface area contributed by atoms with Gasteiger partial charge in [-0.2, -0.15) is 11.3 Å². The molecule has 3 rings (SSSR count). The maximum absolute atomic E-state index is 3.48. The number of piperazine rings is 1. The van der Waals surface area contributed by atoms with Crippen molar-refractivity contribution >= 4 is 11.3 Å². The summed E-state index contributed by atoms with van der Waals surface area (Å²) in [6, 6.07) is 3.05. The first kappa shape index (κ1) is 12.6. The number of nitrogens with zero attached hydrogens (tertiary/aromatic N) is 1. The molecule has 100 valence electrons. The van der Waals surface area contributed by atoms with E-state index in [9.17, 15) is 0 Å². The van der Waals surface area contributed by atoms with E-state index in [0.717, 1.165) is 19.0 Å². The highest BCUT2D eigenvalue weighted by Crippen LogP contribution is 2.39. The van der Waals surface area contributed by atoms with Crippen molar-refractivity contribution in [1.82, 2.24) is 10.2 Å². The normalized spacial score (nSPS) is 25.1. The molecule has 0 radical (unpaired) electrons. The molecule has 1 saturated carbocycles. The van der Waals surface area contributed by atoms with E-state index in [-0.39, 0.29) is 0 Å². The summed E-state index contributed by atoms with van der Waals surface area (Å²) in [5.74, 6) is 0.895. The van der Waals surface area contributed by atoms with Crippen LogP contribution >= 0.6 is 11.3 Å². The van der Waals surface area contributed by atoms with Crippen molar-refractivity contribution in [3.8, 4) is 0 Å². The molecular formula is C15H24N2S. The van der Waals surface area contributed by atoms with Gasteiger partial charge in [0, 0.05) is 32.2 Å². The van der Waals surface area contributed by atoms with Crippen LogP contribution in [0.5, 0.6) is 0 Å². The Balaban J connectivity index is 1.78. The fourth-order valence-corrected chi connectivity index (χ4v) is 4.32. The van der Waals surface area contributed by atoms with E-state index in [1.165, 1.54) is 45.2 Å². The monoisotopic (exact) mass is 264 g/mol. The van der Waals surface area contributed by atoms with Crippen LogP contribution in [0.15, 0.2) is 16.8 Å². The van der Waals surface area contributed by atoms with Gasteiger partial charge in [-0.15, -0.1) is 0 Å². The smallest absolute Gasteiger partial charge is 0.0385 e. The Kier molecular flexibility index (Phi) is 4.34. The van der Waals surface area contributed by atoms with Gasteiger partial charge >= 0.3 is 0 Å². The zero-order chi connectivity index (χ0) is 12.2. The second kappa shape index (κ2) is 6.18. The molecule has 2 aliphatic rings. The fourth-order valence-electron chi connectivity index (χ4n) is 3.63. The maximum atomic E-state index is 3.48.